The highest BCUT2D eigenvalue weighted by Gasteiger charge is 2.20. The summed E-state index contributed by atoms with van der Waals surface area (Å²) in [4.78, 5) is 25.6. The van der Waals surface area contributed by atoms with Crippen LogP contribution in [-0.4, -0.2) is 48.7 Å². The molecule has 0 radical (unpaired) electrons. The van der Waals surface area contributed by atoms with E-state index in [4.69, 9.17) is 20.4 Å². The topological polar surface area (TPSA) is 180 Å². The van der Waals surface area contributed by atoms with Crippen LogP contribution in [0.4, 0.5) is 5.69 Å². The Balaban J connectivity index is 0.000000810. The van der Waals surface area contributed by atoms with Crippen molar-refractivity contribution in [2.75, 3.05) is 18.2 Å². The van der Waals surface area contributed by atoms with Gasteiger partial charge in [-0.2, -0.15) is 8.42 Å². The van der Waals surface area contributed by atoms with Crippen LogP contribution in [0.25, 0.3) is 21.9 Å². The number of benzene rings is 4. The van der Waals surface area contributed by atoms with Gasteiger partial charge in [0.1, 0.15) is 11.6 Å². The number of ether oxygens (including phenoxy) is 1. The van der Waals surface area contributed by atoms with Gasteiger partial charge in [0.15, 0.2) is 0 Å². The molecule has 4 aromatic rings. The summed E-state index contributed by atoms with van der Waals surface area (Å²) < 4.78 is 31.6. The zero-order valence-corrected chi connectivity index (χ0v) is 22.7. The van der Waals surface area contributed by atoms with Crippen LogP contribution in [0.1, 0.15) is 39.6 Å². The number of anilines is 1. The summed E-state index contributed by atoms with van der Waals surface area (Å²) in [5, 5.41) is 22.0. The van der Waals surface area contributed by atoms with Gasteiger partial charge in [-0.25, -0.2) is 4.79 Å². The molecule has 1 amide bonds. The molecule has 0 aliphatic heterocycles. The van der Waals surface area contributed by atoms with Gasteiger partial charge < -0.3 is 20.9 Å². The maximum Gasteiger partial charge on any atom is 0.336 e. The molecule has 40 heavy (non-hydrogen) atoms. The molecule has 0 bridgehead atoms. The van der Waals surface area contributed by atoms with Crippen LogP contribution in [0.5, 0.6) is 5.75 Å². The summed E-state index contributed by atoms with van der Waals surface area (Å²) >= 11 is 0. The molecule has 11 heteroatoms. The summed E-state index contributed by atoms with van der Waals surface area (Å²) in [5.41, 5.74) is 7.88. The number of carboxylic acid groups (broad SMARTS) is 1. The number of aromatic carboxylic acids is 1. The second-order valence-corrected chi connectivity index (χ2v) is 10.3. The number of nitrogens with two attached hydrogens (primary N) is 1. The molecule has 0 unspecified atom stereocenters. The van der Waals surface area contributed by atoms with Crippen LogP contribution in [0, 0.1) is 5.41 Å². The van der Waals surface area contributed by atoms with Gasteiger partial charge in [0, 0.05) is 11.3 Å². The van der Waals surface area contributed by atoms with Gasteiger partial charge >= 0.3 is 5.97 Å². The number of carbonyl (C=O) groups excluding carboxylic acids is 1. The molecule has 0 aliphatic rings. The number of hydrogen-bond donors (Lipinski definition) is 5. The van der Waals surface area contributed by atoms with Crippen molar-refractivity contribution in [1.29, 1.82) is 5.41 Å². The SMILES string of the molecule is CCCOc1ccc(-c2cc3ccccc3cc2C(=O)O)c(C(=O)Nc2ccc(C(=N)N)cc2)c1.CS(=O)(=O)O. The third-order valence-corrected chi connectivity index (χ3v) is 5.57. The Bertz CT molecular complexity index is 1660. The number of amidine groups is 1. The predicted octanol–water partition coefficient (Wildman–Crippen LogP) is 5.03. The molecular formula is C29H29N3O7S. The standard InChI is InChI=1S/C28H25N3O4.CH4O3S/c1-2-13-35-21-11-12-22(23-14-18-5-3-4-6-19(18)15-25(23)28(33)34)24(16-21)27(32)31-20-9-7-17(8-10-20)26(29)30;1-5(2,3)4/h3-12,14-16H,2,13H2,1H3,(H3,29,30)(H,31,32)(H,33,34);1H3,(H,2,3,4). The Labute approximate surface area is 231 Å². The number of nitrogens with one attached hydrogen (secondary N) is 2. The number of hydrogen-bond acceptors (Lipinski definition) is 6. The minimum Gasteiger partial charge on any atom is -0.494 e. The zero-order valence-electron chi connectivity index (χ0n) is 21.8. The molecule has 0 heterocycles. The van der Waals surface area contributed by atoms with Crippen molar-refractivity contribution in [2.24, 2.45) is 5.73 Å². The van der Waals surface area contributed by atoms with E-state index >= 15 is 0 Å². The first kappa shape index (κ1) is 29.8. The second-order valence-electron chi connectivity index (χ2n) is 8.78. The highest BCUT2D eigenvalue weighted by Crippen LogP contribution is 2.34. The molecule has 0 fully saturated rings. The van der Waals surface area contributed by atoms with Crippen molar-refractivity contribution in [2.45, 2.75) is 13.3 Å². The number of rotatable bonds is 8. The zero-order chi connectivity index (χ0) is 29.4. The molecule has 0 aliphatic carbocycles. The van der Waals surface area contributed by atoms with Gasteiger partial charge in [0.25, 0.3) is 16.0 Å². The monoisotopic (exact) mass is 563 g/mol. The van der Waals surface area contributed by atoms with Crippen LogP contribution in [0.3, 0.4) is 0 Å². The molecule has 0 atom stereocenters. The van der Waals surface area contributed by atoms with E-state index in [9.17, 15) is 23.1 Å². The van der Waals surface area contributed by atoms with Crippen molar-refractivity contribution in [3.05, 3.63) is 95.6 Å². The van der Waals surface area contributed by atoms with E-state index in [-0.39, 0.29) is 17.0 Å². The fourth-order valence-electron chi connectivity index (χ4n) is 3.83. The van der Waals surface area contributed by atoms with Crippen LogP contribution >= 0.6 is 0 Å². The molecule has 0 aromatic heterocycles. The molecule has 0 spiro atoms. The minimum atomic E-state index is -3.67. The normalized spacial score (nSPS) is 10.8. The second kappa shape index (κ2) is 12.9. The lowest BCUT2D eigenvalue weighted by Gasteiger charge is -2.16. The van der Waals surface area contributed by atoms with E-state index in [2.05, 4.69) is 5.32 Å². The van der Waals surface area contributed by atoms with Gasteiger partial charge in [-0.3, -0.25) is 14.8 Å². The molecule has 0 saturated carbocycles. The van der Waals surface area contributed by atoms with E-state index in [0.717, 1.165) is 17.2 Å². The van der Waals surface area contributed by atoms with E-state index in [1.807, 2.05) is 31.2 Å². The van der Waals surface area contributed by atoms with Gasteiger partial charge in [-0.1, -0.05) is 31.2 Å². The Kier molecular flexibility index (Phi) is 9.59. The van der Waals surface area contributed by atoms with Crippen molar-refractivity contribution in [3.63, 3.8) is 0 Å². The lowest BCUT2D eigenvalue weighted by Crippen LogP contribution is -2.15. The van der Waals surface area contributed by atoms with Gasteiger partial charge in [0.2, 0.25) is 0 Å². The van der Waals surface area contributed by atoms with Crippen molar-refractivity contribution in [3.8, 4) is 16.9 Å². The predicted molar refractivity (Wildman–Crippen MR) is 155 cm³/mol. The Hall–Kier alpha value is -4.74. The van der Waals surface area contributed by atoms with Crippen molar-refractivity contribution < 1.29 is 32.4 Å². The number of amides is 1. The van der Waals surface area contributed by atoms with E-state index in [1.165, 1.54) is 0 Å². The summed E-state index contributed by atoms with van der Waals surface area (Å²) in [6, 6.07) is 22.6. The first-order valence-corrected chi connectivity index (χ1v) is 13.9. The van der Waals surface area contributed by atoms with E-state index in [1.54, 1.807) is 54.6 Å². The van der Waals surface area contributed by atoms with Gasteiger partial charge in [-0.05, 0) is 82.9 Å². The number of fused-ring (bicyclic) bond motifs is 1. The first-order valence-electron chi connectivity index (χ1n) is 12.1. The lowest BCUT2D eigenvalue weighted by atomic mass is 9.92. The third kappa shape index (κ3) is 8.13. The summed E-state index contributed by atoms with van der Waals surface area (Å²) in [6.45, 7) is 2.48. The maximum atomic E-state index is 13.4. The molecule has 4 rings (SSSR count). The van der Waals surface area contributed by atoms with Crippen molar-refractivity contribution >= 4 is 44.3 Å². The third-order valence-electron chi connectivity index (χ3n) is 5.57. The lowest BCUT2D eigenvalue weighted by molar-refractivity contribution is 0.0697. The molecular weight excluding hydrogens is 534 g/mol. The van der Waals surface area contributed by atoms with E-state index in [0.29, 0.717) is 41.0 Å². The highest BCUT2D eigenvalue weighted by atomic mass is 32.2. The smallest absolute Gasteiger partial charge is 0.336 e. The van der Waals surface area contributed by atoms with Crippen LogP contribution < -0.4 is 15.8 Å². The number of carboxylic acids is 1. The van der Waals surface area contributed by atoms with Crippen molar-refractivity contribution in [1.82, 2.24) is 0 Å². The summed E-state index contributed by atoms with van der Waals surface area (Å²) in [5.74, 6) is -1.04. The number of carbonyl (C=O) groups is 2. The first-order chi connectivity index (χ1) is 18.9. The Morgan fingerprint density at radius 2 is 1.52 bits per heavy atom. The average molecular weight is 564 g/mol. The van der Waals surface area contributed by atoms with Crippen LogP contribution in [0.2, 0.25) is 0 Å². The summed E-state index contributed by atoms with van der Waals surface area (Å²) in [6.07, 6.45) is 1.52. The fourth-order valence-corrected chi connectivity index (χ4v) is 3.83. The van der Waals surface area contributed by atoms with Gasteiger partial charge in [-0.15, -0.1) is 0 Å². The Morgan fingerprint density at radius 3 is 2.08 bits per heavy atom. The molecule has 10 nitrogen and oxygen atoms in total. The largest absolute Gasteiger partial charge is 0.494 e. The fraction of sp³-hybridized carbons (Fsp3) is 0.138. The molecule has 208 valence electrons. The quantitative estimate of drug-likeness (QED) is 0.112. The summed E-state index contributed by atoms with van der Waals surface area (Å²) in [7, 11) is -3.67. The highest BCUT2D eigenvalue weighted by molar-refractivity contribution is 7.85. The number of nitrogen functional groups attached to an aromatic ring is 1. The molecule has 6 N–H and O–H groups in total. The van der Waals surface area contributed by atoms with Crippen LogP contribution in [-0.2, 0) is 10.1 Å². The molecule has 0 saturated heterocycles. The van der Waals surface area contributed by atoms with Gasteiger partial charge in [0.05, 0.1) is 24.0 Å². The van der Waals surface area contributed by atoms with E-state index < -0.39 is 22.0 Å². The minimum absolute atomic E-state index is 0.0663. The maximum absolute atomic E-state index is 13.4. The molecule has 4 aromatic carbocycles. The average Bonchev–Trinajstić information content (AvgIpc) is 2.90. The Morgan fingerprint density at radius 1 is 0.925 bits per heavy atom. The van der Waals surface area contributed by atoms with Crippen LogP contribution in [0.15, 0.2) is 78.9 Å².